The minimum atomic E-state index is -0.156. The Morgan fingerprint density at radius 3 is 2.72 bits per heavy atom. The van der Waals surface area contributed by atoms with Crippen LogP contribution in [0.5, 0.6) is 11.5 Å². The fraction of sp³-hybridized carbons (Fsp3) is 0.462. The van der Waals surface area contributed by atoms with Crippen LogP contribution in [-0.2, 0) is 0 Å². The summed E-state index contributed by atoms with van der Waals surface area (Å²) in [4.78, 5) is 12.0. The Balaban J connectivity index is 2.19. The van der Waals surface area contributed by atoms with Crippen LogP contribution in [-0.4, -0.2) is 18.7 Å². The first-order valence-corrected chi connectivity index (χ1v) is 6.27. The van der Waals surface area contributed by atoms with Crippen molar-refractivity contribution < 1.29 is 14.3 Å². The molecule has 0 saturated heterocycles. The SMILES string of the molecule is CC(C)[C@@H](C)NC(=O)c1cc(Cl)c2c(c1)OCO2. The molecular formula is C13H16ClNO3. The van der Waals surface area contributed by atoms with Crippen molar-refractivity contribution in [1.29, 1.82) is 0 Å². The number of hydrogen-bond donors (Lipinski definition) is 1. The molecule has 1 aliphatic heterocycles. The molecule has 1 aromatic rings. The zero-order valence-electron chi connectivity index (χ0n) is 10.6. The van der Waals surface area contributed by atoms with E-state index >= 15 is 0 Å². The van der Waals surface area contributed by atoms with Crippen molar-refractivity contribution in [1.82, 2.24) is 5.32 Å². The summed E-state index contributed by atoms with van der Waals surface area (Å²) in [6, 6.07) is 3.34. The smallest absolute Gasteiger partial charge is 0.251 e. The molecule has 0 unspecified atom stereocenters. The van der Waals surface area contributed by atoms with Gasteiger partial charge in [-0.2, -0.15) is 0 Å². The minimum Gasteiger partial charge on any atom is -0.454 e. The summed E-state index contributed by atoms with van der Waals surface area (Å²) in [5.41, 5.74) is 0.483. The van der Waals surface area contributed by atoms with Crippen LogP contribution in [0.1, 0.15) is 31.1 Å². The van der Waals surface area contributed by atoms with Gasteiger partial charge in [-0.3, -0.25) is 4.79 Å². The van der Waals surface area contributed by atoms with E-state index in [-0.39, 0.29) is 18.7 Å². The normalized spacial score (nSPS) is 14.7. The zero-order chi connectivity index (χ0) is 13.3. The third-order valence-corrected chi connectivity index (χ3v) is 3.33. The summed E-state index contributed by atoms with van der Waals surface area (Å²) in [6.07, 6.45) is 0. The average molecular weight is 270 g/mol. The highest BCUT2D eigenvalue weighted by Gasteiger charge is 2.21. The van der Waals surface area contributed by atoms with Gasteiger partial charge in [0.15, 0.2) is 11.5 Å². The Hall–Kier alpha value is -1.42. The topological polar surface area (TPSA) is 47.6 Å². The quantitative estimate of drug-likeness (QED) is 0.918. The molecule has 0 spiro atoms. The van der Waals surface area contributed by atoms with Gasteiger partial charge in [0.05, 0.1) is 5.02 Å². The van der Waals surface area contributed by atoms with Gasteiger partial charge in [-0.25, -0.2) is 0 Å². The predicted molar refractivity (Wildman–Crippen MR) is 69.3 cm³/mol. The number of rotatable bonds is 3. The van der Waals surface area contributed by atoms with Crippen molar-refractivity contribution in [3.05, 3.63) is 22.7 Å². The molecule has 0 saturated carbocycles. The van der Waals surface area contributed by atoms with Gasteiger partial charge in [-0.05, 0) is 25.0 Å². The van der Waals surface area contributed by atoms with Gasteiger partial charge >= 0.3 is 0 Å². The van der Waals surface area contributed by atoms with E-state index in [0.29, 0.717) is 28.0 Å². The maximum atomic E-state index is 12.0. The largest absolute Gasteiger partial charge is 0.454 e. The lowest BCUT2D eigenvalue weighted by Crippen LogP contribution is -2.36. The molecule has 0 bridgehead atoms. The van der Waals surface area contributed by atoms with E-state index in [0.717, 1.165) is 0 Å². The lowest BCUT2D eigenvalue weighted by atomic mass is 10.1. The number of hydrogen-bond acceptors (Lipinski definition) is 3. The van der Waals surface area contributed by atoms with Crippen molar-refractivity contribution in [3.63, 3.8) is 0 Å². The second-order valence-corrected chi connectivity index (χ2v) is 5.11. The van der Waals surface area contributed by atoms with E-state index in [1.54, 1.807) is 12.1 Å². The molecule has 2 rings (SSSR count). The van der Waals surface area contributed by atoms with Crippen LogP contribution in [0.15, 0.2) is 12.1 Å². The van der Waals surface area contributed by atoms with E-state index in [1.165, 1.54) is 0 Å². The van der Waals surface area contributed by atoms with Gasteiger partial charge in [-0.1, -0.05) is 25.4 Å². The second kappa shape index (κ2) is 5.06. The van der Waals surface area contributed by atoms with Gasteiger partial charge < -0.3 is 14.8 Å². The molecule has 1 heterocycles. The first-order chi connectivity index (χ1) is 8.49. The third kappa shape index (κ3) is 2.53. The second-order valence-electron chi connectivity index (χ2n) is 4.70. The van der Waals surface area contributed by atoms with E-state index in [4.69, 9.17) is 21.1 Å². The molecule has 0 radical (unpaired) electrons. The summed E-state index contributed by atoms with van der Waals surface area (Å²) >= 11 is 6.03. The Kier molecular flexibility index (Phi) is 3.66. The number of halogens is 1. The molecule has 0 fully saturated rings. The highest BCUT2D eigenvalue weighted by molar-refractivity contribution is 6.32. The van der Waals surface area contributed by atoms with E-state index in [1.807, 2.05) is 6.92 Å². The predicted octanol–water partition coefficient (Wildman–Crippen LogP) is 2.84. The van der Waals surface area contributed by atoms with Crippen LogP contribution in [0.25, 0.3) is 0 Å². The molecule has 4 nitrogen and oxygen atoms in total. The zero-order valence-corrected chi connectivity index (χ0v) is 11.4. The number of fused-ring (bicyclic) bond motifs is 1. The summed E-state index contributed by atoms with van der Waals surface area (Å²) in [6.45, 7) is 6.22. The molecular weight excluding hydrogens is 254 g/mol. The number of amides is 1. The maximum absolute atomic E-state index is 12.0. The summed E-state index contributed by atoms with van der Waals surface area (Å²) < 4.78 is 10.4. The molecule has 1 amide bonds. The van der Waals surface area contributed by atoms with Gasteiger partial charge in [0.2, 0.25) is 6.79 Å². The Morgan fingerprint density at radius 2 is 2.06 bits per heavy atom. The maximum Gasteiger partial charge on any atom is 0.251 e. The van der Waals surface area contributed by atoms with Gasteiger partial charge in [0.25, 0.3) is 5.91 Å². The average Bonchev–Trinajstić information content (AvgIpc) is 2.77. The Labute approximate surface area is 111 Å². The molecule has 5 heteroatoms. The molecule has 98 valence electrons. The standard InChI is InChI=1S/C13H16ClNO3/c1-7(2)8(3)15-13(16)9-4-10(14)12-11(5-9)17-6-18-12/h4-5,7-8H,6H2,1-3H3,(H,15,16)/t8-/m1/s1. The molecule has 18 heavy (non-hydrogen) atoms. The van der Waals surface area contributed by atoms with Crippen LogP contribution in [0.3, 0.4) is 0 Å². The van der Waals surface area contributed by atoms with Gasteiger partial charge in [0, 0.05) is 11.6 Å². The first-order valence-electron chi connectivity index (χ1n) is 5.89. The van der Waals surface area contributed by atoms with Gasteiger partial charge in [0.1, 0.15) is 0 Å². The van der Waals surface area contributed by atoms with Crippen LogP contribution in [0.2, 0.25) is 5.02 Å². The molecule has 0 aromatic heterocycles. The number of carbonyl (C=O) groups excluding carboxylic acids is 1. The highest BCUT2D eigenvalue weighted by atomic mass is 35.5. The number of ether oxygens (including phenoxy) is 2. The molecule has 1 N–H and O–H groups in total. The van der Waals surface area contributed by atoms with E-state index in [2.05, 4.69) is 19.2 Å². The monoisotopic (exact) mass is 269 g/mol. The van der Waals surface area contributed by atoms with Crippen molar-refractivity contribution in [3.8, 4) is 11.5 Å². The van der Waals surface area contributed by atoms with Crippen LogP contribution >= 0.6 is 11.6 Å². The third-order valence-electron chi connectivity index (χ3n) is 3.05. The summed E-state index contributed by atoms with van der Waals surface area (Å²) in [7, 11) is 0. The van der Waals surface area contributed by atoms with Crippen LogP contribution < -0.4 is 14.8 Å². The summed E-state index contributed by atoms with van der Waals surface area (Å²) in [5.74, 6) is 1.24. The molecule has 1 atom stereocenters. The Morgan fingerprint density at radius 1 is 1.33 bits per heavy atom. The molecule has 0 aliphatic carbocycles. The minimum absolute atomic E-state index is 0.0988. The summed E-state index contributed by atoms with van der Waals surface area (Å²) in [5, 5.41) is 3.32. The fourth-order valence-corrected chi connectivity index (χ4v) is 1.82. The number of nitrogens with one attached hydrogen (secondary N) is 1. The van der Waals surface area contributed by atoms with E-state index in [9.17, 15) is 4.79 Å². The van der Waals surface area contributed by atoms with Crippen molar-refractivity contribution in [2.75, 3.05) is 6.79 Å². The fourth-order valence-electron chi connectivity index (χ4n) is 1.56. The van der Waals surface area contributed by atoms with Crippen LogP contribution in [0.4, 0.5) is 0 Å². The molecule has 1 aliphatic rings. The Bertz CT molecular complexity index is 474. The number of carbonyl (C=O) groups is 1. The van der Waals surface area contributed by atoms with Crippen LogP contribution in [0, 0.1) is 5.92 Å². The number of benzene rings is 1. The lowest BCUT2D eigenvalue weighted by Gasteiger charge is -2.17. The van der Waals surface area contributed by atoms with E-state index < -0.39 is 0 Å². The highest BCUT2D eigenvalue weighted by Crippen LogP contribution is 2.39. The van der Waals surface area contributed by atoms with Crippen molar-refractivity contribution in [2.45, 2.75) is 26.8 Å². The first kappa shape index (κ1) is 13.0. The molecule has 1 aromatic carbocycles. The van der Waals surface area contributed by atoms with Crippen molar-refractivity contribution in [2.24, 2.45) is 5.92 Å². The van der Waals surface area contributed by atoms with Gasteiger partial charge in [-0.15, -0.1) is 0 Å². The lowest BCUT2D eigenvalue weighted by molar-refractivity contribution is 0.0930. The van der Waals surface area contributed by atoms with Crippen molar-refractivity contribution >= 4 is 17.5 Å².